The second kappa shape index (κ2) is 5.93. The van der Waals surface area contributed by atoms with Gasteiger partial charge in [-0.15, -0.1) is 11.3 Å². The molecule has 1 amide bonds. The van der Waals surface area contributed by atoms with E-state index in [1.165, 1.54) is 11.3 Å². The Morgan fingerprint density at radius 3 is 2.68 bits per heavy atom. The van der Waals surface area contributed by atoms with Crippen LogP contribution >= 0.6 is 11.3 Å². The Balaban J connectivity index is 1.94. The molecule has 0 spiro atoms. The lowest BCUT2D eigenvalue weighted by molar-refractivity contribution is 0.0697. The smallest absolute Gasteiger partial charge is 0.339 e. The van der Waals surface area contributed by atoms with Crippen LogP contribution in [0, 0.1) is 5.92 Å². The van der Waals surface area contributed by atoms with E-state index in [9.17, 15) is 14.7 Å². The summed E-state index contributed by atoms with van der Waals surface area (Å²) in [6.45, 7) is 2.17. The first-order chi connectivity index (χ1) is 10.6. The van der Waals surface area contributed by atoms with Gasteiger partial charge in [0, 0.05) is 10.4 Å². The molecule has 114 valence electrons. The Kier molecular flexibility index (Phi) is 3.98. The van der Waals surface area contributed by atoms with Crippen LogP contribution in [0.3, 0.4) is 0 Å². The normalized spacial score (nSPS) is 16.9. The maximum atomic E-state index is 12.3. The SMILES string of the molecule is CC1CCc2c(sc(NC(=O)c3ccccc3)c2C(=O)O)C1. The summed E-state index contributed by atoms with van der Waals surface area (Å²) in [6.07, 6.45) is 2.66. The van der Waals surface area contributed by atoms with Gasteiger partial charge in [0.25, 0.3) is 5.91 Å². The molecule has 1 heterocycles. The number of aromatic carboxylic acids is 1. The number of anilines is 1. The van der Waals surface area contributed by atoms with Crippen LogP contribution in [0.4, 0.5) is 5.00 Å². The summed E-state index contributed by atoms with van der Waals surface area (Å²) in [5, 5.41) is 12.8. The summed E-state index contributed by atoms with van der Waals surface area (Å²) in [5.41, 5.74) is 1.70. The fraction of sp³-hybridized carbons (Fsp3) is 0.294. The molecule has 1 atom stereocenters. The molecule has 2 N–H and O–H groups in total. The predicted octanol–water partition coefficient (Wildman–Crippen LogP) is 3.82. The van der Waals surface area contributed by atoms with Gasteiger partial charge < -0.3 is 10.4 Å². The zero-order valence-corrected chi connectivity index (χ0v) is 13.1. The first-order valence-electron chi connectivity index (χ1n) is 7.30. The molecule has 1 unspecified atom stereocenters. The Morgan fingerprint density at radius 2 is 2.00 bits per heavy atom. The van der Waals surface area contributed by atoms with E-state index < -0.39 is 5.97 Å². The molecule has 4 nitrogen and oxygen atoms in total. The van der Waals surface area contributed by atoms with Gasteiger partial charge in [0.05, 0.1) is 5.56 Å². The van der Waals surface area contributed by atoms with E-state index in [-0.39, 0.29) is 11.5 Å². The second-order valence-electron chi connectivity index (χ2n) is 5.68. The number of carbonyl (C=O) groups excluding carboxylic acids is 1. The molecule has 0 saturated carbocycles. The highest BCUT2D eigenvalue weighted by atomic mass is 32.1. The summed E-state index contributed by atoms with van der Waals surface area (Å²) in [7, 11) is 0. The van der Waals surface area contributed by atoms with E-state index >= 15 is 0 Å². The van der Waals surface area contributed by atoms with Crippen molar-refractivity contribution >= 4 is 28.2 Å². The number of carboxylic acid groups (broad SMARTS) is 1. The molecule has 0 radical (unpaired) electrons. The minimum Gasteiger partial charge on any atom is -0.478 e. The lowest BCUT2D eigenvalue weighted by Gasteiger charge is -2.17. The van der Waals surface area contributed by atoms with Gasteiger partial charge in [-0.1, -0.05) is 25.1 Å². The number of hydrogen-bond donors (Lipinski definition) is 2. The average molecular weight is 315 g/mol. The Bertz CT molecular complexity index is 721. The van der Waals surface area contributed by atoms with E-state index in [1.807, 2.05) is 6.07 Å². The van der Waals surface area contributed by atoms with Gasteiger partial charge in [-0.05, 0) is 42.9 Å². The van der Waals surface area contributed by atoms with Crippen molar-refractivity contribution in [2.24, 2.45) is 5.92 Å². The second-order valence-corrected chi connectivity index (χ2v) is 6.79. The lowest BCUT2D eigenvalue weighted by atomic mass is 9.88. The minimum absolute atomic E-state index is 0.269. The van der Waals surface area contributed by atoms with E-state index in [4.69, 9.17) is 0 Å². The topological polar surface area (TPSA) is 66.4 Å². The molecule has 3 rings (SSSR count). The maximum absolute atomic E-state index is 12.3. The highest BCUT2D eigenvalue weighted by molar-refractivity contribution is 7.17. The van der Waals surface area contributed by atoms with E-state index in [0.29, 0.717) is 16.5 Å². The molecule has 0 fully saturated rings. The largest absolute Gasteiger partial charge is 0.478 e. The summed E-state index contributed by atoms with van der Waals surface area (Å²) in [5.74, 6) is -0.671. The molecule has 1 aliphatic rings. The zero-order valence-electron chi connectivity index (χ0n) is 12.3. The fourth-order valence-electron chi connectivity index (χ4n) is 2.83. The quantitative estimate of drug-likeness (QED) is 0.904. The van der Waals surface area contributed by atoms with Gasteiger partial charge in [0.15, 0.2) is 0 Å². The highest BCUT2D eigenvalue weighted by Crippen LogP contribution is 2.39. The van der Waals surface area contributed by atoms with Crippen molar-refractivity contribution in [3.8, 4) is 0 Å². The fourth-order valence-corrected chi connectivity index (χ4v) is 4.23. The monoisotopic (exact) mass is 315 g/mol. The van der Waals surface area contributed by atoms with Crippen LogP contribution in [-0.2, 0) is 12.8 Å². The highest BCUT2D eigenvalue weighted by Gasteiger charge is 2.28. The van der Waals surface area contributed by atoms with E-state index in [1.54, 1.807) is 24.3 Å². The molecular formula is C17H17NO3S. The molecular weight excluding hydrogens is 298 g/mol. The maximum Gasteiger partial charge on any atom is 0.339 e. The Hall–Kier alpha value is -2.14. The third kappa shape index (κ3) is 2.76. The number of thiophene rings is 1. The summed E-state index contributed by atoms with van der Waals surface area (Å²) < 4.78 is 0. The summed E-state index contributed by atoms with van der Waals surface area (Å²) >= 11 is 1.40. The van der Waals surface area contributed by atoms with Crippen LogP contribution in [0.25, 0.3) is 0 Å². The summed E-state index contributed by atoms with van der Waals surface area (Å²) in [4.78, 5) is 25.0. The van der Waals surface area contributed by atoms with Gasteiger partial charge in [0.2, 0.25) is 0 Å². The number of amides is 1. The van der Waals surface area contributed by atoms with Crippen LogP contribution in [0.15, 0.2) is 30.3 Å². The van der Waals surface area contributed by atoms with Crippen LogP contribution in [-0.4, -0.2) is 17.0 Å². The zero-order chi connectivity index (χ0) is 15.7. The summed E-state index contributed by atoms with van der Waals surface area (Å²) in [6, 6.07) is 8.84. The molecule has 1 aliphatic carbocycles. The van der Waals surface area contributed by atoms with Gasteiger partial charge in [-0.3, -0.25) is 4.79 Å². The standard InChI is InChI=1S/C17H17NO3S/c1-10-7-8-12-13(9-10)22-16(14(12)17(20)21)18-15(19)11-5-3-2-4-6-11/h2-6,10H,7-9H2,1H3,(H,18,19)(H,20,21). The number of rotatable bonds is 3. The van der Waals surface area contributed by atoms with Crippen molar-refractivity contribution in [3.05, 3.63) is 51.9 Å². The molecule has 0 saturated heterocycles. The molecule has 0 bridgehead atoms. The number of nitrogens with one attached hydrogen (secondary N) is 1. The molecule has 0 aliphatic heterocycles. The van der Waals surface area contributed by atoms with Crippen LogP contribution < -0.4 is 5.32 Å². The molecule has 2 aromatic rings. The third-order valence-corrected chi connectivity index (χ3v) is 5.16. The predicted molar refractivity (Wildman–Crippen MR) is 86.9 cm³/mol. The van der Waals surface area contributed by atoms with Gasteiger partial charge in [-0.2, -0.15) is 0 Å². The van der Waals surface area contributed by atoms with Crippen molar-refractivity contribution in [3.63, 3.8) is 0 Å². The third-order valence-electron chi connectivity index (χ3n) is 3.99. The Labute approximate surface area is 132 Å². The van der Waals surface area contributed by atoms with Gasteiger partial charge in [-0.25, -0.2) is 4.79 Å². The lowest BCUT2D eigenvalue weighted by Crippen LogP contribution is -2.15. The van der Waals surface area contributed by atoms with E-state index in [0.717, 1.165) is 29.7 Å². The molecule has 1 aromatic carbocycles. The average Bonchev–Trinajstić information content (AvgIpc) is 2.85. The number of carbonyl (C=O) groups is 2. The molecule has 5 heteroatoms. The first kappa shape index (κ1) is 14.8. The van der Waals surface area contributed by atoms with Gasteiger partial charge in [0.1, 0.15) is 5.00 Å². The number of carboxylic acids is 1. The van der Waals surface area contributed by atoms with Crippen molar-refractivity contribution in [2.75, 3.05) is 5.32 Å². The van der Waals surface area contributed by atoms with Crippen LogP contribution in [0.1, 0.15) is 44.5 Å². The number of fused-ring (bicyclic) bond motifs is 1. The Morgan fingerprint density at radius 1 is 1.27 bits per heavy atom. The molecule has 1 aromatic heterocycles. The minimum atomic E-state index is -0.963. The van der Waals surface area contributed by atoms with Crippen molar-refractivity contribution < 1.29 is 14.7 Å². The first-order valence-corrected chi connectivity index (χ1v) is 8.12. The van der Waals surface area contributed by atoms with Crippen LogP contribution in [0.5, 0.6) is 0 Å². The molecule has 22 heavy (non-hydrogen) atoms. The van der Waals surface area contributed by atoms with Crippen molar-refractivity contribution in [1.29, 1.82) is 0 Å². The van der Waals surface area contributed by atoms with Gasteiger partial charge >= 0.3 is 5.97 Å². The van der Waals surface area contributed by atoms with Crippen LogP contribution in [0.2, 0.25) is 0 Å². The number of hydrogen-bond acceptors (Lipinski definition) is 3. The van der Waals surface area contributed by atoms with Crippen molar-refractivity contribution in [1.82, 2.24) is 0 Å². The van der Waals surface area contributed by atoms with Crippen molar-refractivity contribution in [2.45, 2.75) is 26.2 Å². The number of benzene rings is 1. The van der Waals surface area contributed by atoms with E-state index in [2.05, 4.69) is 12.2 Å².